The second-order valence-corrected chi connectivity index (χ2v) is 8.68. The van der Waals surface area contributed by atoms with Gasteiger partial charge in [0.1, 0.15) is 17.0 Å². The maximum Gasteiger partial charge on any atom is 0.418 e. The van der Waals surface area contributed by atoms with Crippen molar-refractivity contribution in [2.24, 2.45) is 7.05 Å². The van der Waals surface area contributed by atoms with Crippen LogP contribution in [0.4, 0.5) is 17.6 Å². The molecule has 0 aliphatic carbocycles. The maximum atomic E-state index is 14.3. The van der Waals surface area contributed by atoms with Crippen molar-refractivity contribution < 1.29 is 17.6 Å². The fourth-order valence-corrected chi connectivity index (χ4v) is 3.97. The van der Waals surface area contributed by atoms with Crippen molar-refractivity contribution in [1.29, 1.82) is 0 Å². The van der Waals surface area contributed by atoms with Gasteiger partial charge in [0.25, 0.3) is 0 Å². The Balaban J connectivity index is 1.98. The van der Waals surface area contributed by atoms with Crippen LogP contribution in [0.15, 0.2) is 36.4 Å². The molecule has 0 unspecified atom stereocenters. The van der Waals surface area contributed by atoms with Crippen molar-refractivity contribution in [3.63, 3.8) is 0 Å². The Bertz CT molecular complexity index is 1290. The summed E-state index contributed by atoms with van der Waals surface area (Å²) in [5.74, 6) is -0.304. The molecule has 8 heteroatoms. The van der Waals surface area contributed by atoms with E-state index in [1.54, 1.807) is 17.8 Å². The third kappa shape index (κ3) is 3.60. The highest BCUT2D eigenvalue weighted by molar-refractivity contribution is 5.88. The average Bonchev–Trinajstić information content (AvgIpc) is 3.20. The number of aromatic amines is 1. The topological polar surface area (TPSA) is 46.5 Å². The Hall–Kier alpha value is -3.16. The van der Waals surface area contributed by atoms with Crippen LogP contribution >= 0.6 is 0 Å². The molecule has 0 saturated carbocycles. The summed E-state index contributed by atoms with van der Waals surface area (Å²) in [5, 5.41) is 4.56. The summed E-state index contributed by atoms with van der Waals surface area (Å²) in [4.78, 5) is 7.30. The molecular weight excluding hydrogens is 408 g/mol. The van der Waals surface area contributed by atoms with Gasteiger partial charge in [0, 0.05) is 23.6 Å². The van der Waals surface area contributed by atoms with E-state index in [-0.39, 0.29) is 33.4 Å². The summed E-state index contributed by atoms with van der Waals surface area (Å²) >= 11 is 0. The quantitative estimate of drug-likeness (QED) is 0.374. The molecule has 0 amide bonds. The summed E-state index contributed by atoms with van der Waals surface area (Å²) in [5.41, 5.74) is 1.35. The Morgan fingerprint density at radius 3 is 2.29 bits per heavy atom. The van der Waals surface area contributed by atoms with Crippen molar-refractivity contribution in [3.8, 4) is 22.6 Å². The molecule has 4 nitrogen and oxygen atoms in total. The molecule has 0 spiro atoms. The molecule has 2 aromatic heterocycles. The van der Waals surface area contributed by atoms with Crippen molar-refractivity contribution in [2.45, 2.75) is 39.3 Å². The first-order valence-corrected chi connectivity index (χ1v) is 9.78. The number of nitrogens with zero attached hydrogens (tertiary/aromatic N) is 3. The van der Waals surface area contributed by atoms with Crippen LogP contribution < -0.4 is 0 Å². The lowest BCUT2D eigenvalue weighted by atomic mass is 9.89. The zero-order valence-corrected chi connectivity index (χ0v) is 17.8. The lowest BCUT2D eigenvalue weighted by Crippen LogP contribution is -2.13. The molecule has 0 fully saturated rings. The first kappa shape index (κ1) is 21.1. The Morgan fingerprint density at radius 2 is 1.71 bits per heavy atom. The molecule has 0 saturated heterocycles. The van der Waals surface area contributed by atoms with E-state index in [4.69, 9.17) is 0 Å². The molecular formula is C23H22F4N4. The number of aromatic nitrogens is 4. The second kappa shape index (κ2) is 6.93. The molecule has 2 heterocycles. The predicted molar refractivity (Wildman–Crippen MR) is 112 cm³/mol. The zero-order chi connectivity index (χ0) is 22.7. The van der Waals surface area contributed by atoms with Gasteiger partial charge in [-0.3, -0.25) is 4.68 Å². The van der Waals surface area contributed by atoms with Gasteiger partial charge >= 0.3 is 6.18 Å². The van der Waals surface area contributed by atoms with E-state index in [2.05, 4.69) is 15.1 Å². The van der Waals surface area contributed by atoms with Crippen LogP contribution in [0, 0.1) is 12.7 Å². The molecule has 0 aliphatic rings. The summed E-state index contributed by atoms with van der Waals surface area (Å²) < 4.78 is 57.5. The van der Waals surface area contributed by atoms with Crippen molar-refractivity contribution in [3.05, 3.63) is 59.0 Å². The van der Waals surface area contributed by atoms with Crippen LogP contribution in [0.1, 0.15) is 37.6 Å². The van der Waals surface area contributed by atoms with Crippen molar-refractivity contribution in [2.75, 3.05) is 0 Å². The molecule has 1 N–H and O–H groups in total. The third-order valence-corrected chi connectivity index (χ3v) is 5.30. The number of benzene rings is 2. The van der Waals surface area contributed by atoms with E-state index < -0.39 is 17.6 Å². The lowest BCUT2D eigenvalue weighted by molar-refractivity contribution is -0.136. The van der Waals surface area contributed by atoms with Crippen LogP contribution in [0.5, 0.6) is 0 Å². The van der Waals surface area contributed by atoms with E-state index in [9.17, 15) is 17.6 Å². The number of hydrogen-bond donors (Lipinski definition) is 1. The summed E-state index contributed by atoms with van der Waals surface area (Å²) in [6.07, 6.45) is -4.65. The molecule has 4 rings (SSSR count). The van der Waals surface area contributed by atoms with Gasteiger partial charge in [0.15, 0.2) is 5.82 Å². The Morgan fingerprint density at radius 1 is 1.03 bits per heavy atom. The SMILES string of the molecule is Cc1c(C(C)(C)C)nn(C)c1-c1nc2c(C(F)(F)F)cc(-c3ccccc3F)cc2[nH]1. The van der Waals surface area contributed by atoms with Gasteiger partial charge < -0.3 is 4.98 Å². The zero-order valence-electron chi connectivity index (χ0n) is 17.8. The minimum absolute atomic E-state index is 0.0952. The molecule has 162 valence electrons. The molecule has 0 atom stereocenters. The Labute approximate surface area is 176 Å². The van der Waals surface area contributed by atoms with Gasteiger partial charge in [-0.05, 0) is 30.7 Å². The van der Waals surface area contributed by atoms with E-state index in [1.165, 1.54) is 24.3 Å². The summed E-state index contributed by atoms with van der Waals surface area (Å²) in [6.45, 7) is 7.94. The normalized spacial score (nSPS) is 12.7. The fourth-order valence-electron chi connectivity index (χ4n) is 3.97. The van der Waals surface area contributed by atoms with Gasteiger partial charge in [-0.25, -0.2) is 9.37 Å². The number of nitrogens with one attached hydrogen (secondary N) is 1. The number of halogens is 4. The number of alkyl halides is 3. The smallest absolute Gasteiger partial charge is 0.337 e. The third-order valence-electron chi connectivity index (χ3n) is 5.30. The number of imidazole rings is 1. The highest BCUT2D eigenvalue weighted by Gasteiger charge is 2.35. The standard InChI is InChI=1S/C23H22F4N4/c1-12-19(31(5)30-20(12)22(2,3)4)21-28-17-11-13(14-8-6-7-9-16(14)24)10-15(18(17)29-21)23(25,26)27/h6-11H,1-5H3,(H,28,29). The second-order valence-electron chi connectivity index (χ2n) is 8.68. The maximum absolute atomic E-state index is 14.3. The molecule has 4 aromatic rings. The number of H-pyrrole nitrogens is 1. The summed E-state index contributed by atoms with van der Waals surface area (Å²) in [6, 6.07) is 8.19. The first-order valence-electron chi connectivity index (χ1n) is 9.78. The highest BCUT2D eigenvalue weighted by Crippen LogP contribution is 2.39. The number of aryl methyl sites for hydroxylation is 1. The van der Waals surface area contributed by atoms with E-state index in [0.29, 0.717) is 5.69 Å². The van der Waals surface area contributed by atoms with Crippen molar-refractivity contribution in [1.82, 2.24) is 19.7 Å². The monoisotopic (exact) mass is 430 g/mol. The average molecular weight is 430 g/mol. The molecule has 0 radical (unpaired) electrons. The first-order chi connectivity index (χ1) is 14.4. The van der Waals surface area contributed by atoms with Crippen molar-refractivity contribution >= 4 is 11.0 Å². The number of hydrogen-bond acceptors (Lipinski definition) is 2. The minimum Gasteiger partial charge on any atom is -0.337 e. The van der Waals surface area contributed by atoms with Gasteiger partial charge in [-0.15, -0.1) is 0 Å². The highest BCUT2D eigenvalue weighted by atomic mass is 19.4. The van der Waals surface area contributed by atoms with Gasteiger partial charge in [-0.2, -0.15) is 18.3 Å². The Kier molecular flexibility index (Phi) is 4.72. The van der Waals surface area contributed by atoms with E-state index in [1.807, 2.05) is 27.7 Å². The number of fused-ring (bicyclic) bond motifs is 1. The number of rotatable bonds is 2. The van der Waals surface area contributed by atoms with Gasteiger partial charge in [0.05, 0.1) is 16.8 Å². The summed E-state index contributed by atoms with van der Waals surface area (Å²) in [7, 11) is 1.74. The lowest BCUT2D eigenvalue weighted by Gasteiger charge is -2.16. The fraction of sp³-hybridized carbons (Fsp3) is 0.304. The van der Waals surface area contributed by atoms with Crippen LogP contribution in [-0.4, -0.2) is 19.7 Å². The van der Waals surface area contributed by atoms with Gasteiger partial charge in [-0.1, -0.05) is 39.0 Å². The predicted octanol–water partition coefficient (Wildman–Crippen LogP) is 6.39. The van der Waals surface area contributed by atoms with Crippen LogP contribution in [0.2, 0.25) is 0 Å². The van der Waals surface area contributed by atoms with E-state index in [0.717, 1.165) is 17.3 Å². The molecule has 2 aromatic carbocycles. The molecule has 0 aliphatic heterocycles. The van der Waals surface area contributed by atoms with Gasteiger partial charge in [0.2, 0.25) is 0 Å². The van der Waals surface area contributed by atoms with Crippen LogP contribution in [0.25, 0.3) is 33.7 Å². The van der Waals surface area contributed by atoms with Crippen LogP contribution in [-0.2, 0) is 18.6 Å². The largest absolute Gasteiger partial charge is 0.418 e. The minimum atomic E-state index is -4.65. The molecule has 31 heavy (non-hydrogen) atoms. The molecule has 0 bridgehead atoms. The van der Waals surface area contributed by atoms with Crippen LogP contribution in [0.3, 0.4) is 0 Å². The van der Waals surface area contributed by atoms with E-state index >= 15 is 0 Å².